The molecule has 1 amide bonds. The first kappa shape index (κ1) is 21.7. The van der Waals surface area contributed by atoms with Gasteiger partial charge in [-0.2, -0.15) is 4.31 Å². The molecule has 8 heteroatoms. The Morgan fingerprint density at radius 3 is 2.52 bits per heavy atom. The molecule has 0 saturated carbocycles. The first-order valence-electron chi connectivity index (χ1n) is 9.14. The molecule has 27 heavy (non-hydrogen) atoms. The SMILES string of the molecule is Cc1ccc(S(=O)(=O)N2CCN(C)C[C@H]2CNC(=O)OC(C)(C)C)c(C)c1. The van der Waals surface area contributed by atoms with Crippen LogP contribution in [0.2, 0.25) is 0 Å². The molecular formula is C19H31N3O4S. The van der Waals surface area contributed by atoms with Crippen molar-refractivity contribution in [2.45, 2.75) is 51.2 Å². The summed E-state index contributed by atoms with van der Waals surface area (Å²) >= 11 is 0. The molecule has 2 rings (SSSR count). The Balaban J connectivity index is 2.20. The Bertz CT molecular complexity index is 787. The molecule has 1 aromatic carbocycles. The molecular weight excluding hydrogens is 366 g/mol. The minimum absolute atomic E-state index is 0.198. The van der Waals surface area contributed by atoms with E-state index in [2.05, 4.69) is 10.2 Å². The van der Waals surface area contributed by atoms with Crippen LogP contribution in [0.5, 0.6) is 0 Å². The molecule has 1 aliphatic rings. The van der Waals surface area contributed by atoms with Crippen LogP contribution in [0.25, 0.3) is 0 Å². The number of amides is 1. The summed E-state index contributed by atoms with van der Waals surface area (Å²) in [4.78, 5) is 14.4. The highest BCUT2D eigenvalue weighted by Gasteiger charge is 2.36. The Hall–Kier alpha value is -1.64. The third-order valence-electron chi connectivity index (χ3n) is 4.43. The van der Waals surface area contributed by atoms with E-state index in [9.17, 15) is 13.2 Å². The summed E-state index contributed by atoms with van der Waals surface area (Å²) < 4.78 is 33.3. The summed E-state index contributed by atoms with van der Waals surface area (Å²) in [6, 6.07) is 4.99. The number of alkyl carbamates (subject to hydrolysis) is 1. The lowest BCUT2D eigenvalue weighted by atomic mass is 10.2. The third kappa shape index (κ3) is 5.67. The van der Waals surface area contributed by atoms with Crippen LogP contribution in [-0.4, -0.2) is 68.6 Å². The average molecular weight is 398 g/mol. The van der Waals surface area contributed by atoms with Gasteiger partial charge in [0.25, 0.3) is 0 Å². The number of nitrogens with one attached hydrogen (secondary N) is 1. The van der Waals surface area contributed by atoms with Crippen molar-refractivity contribution in [1.29, 1.82) is 0 Å². The normalized spacial score (nSPS) is 19.7. The summed E-state index contributed by atoms with van der Waals surface area (Å²) in [7, 11) is -1.70. The largest absolute Gasteiger partial charge is 0.444 e. The minimum atomic E-state index is -3.65. The smallest absolute Gasteiger partial charge is 0.407 e. The van der Waals surface area contributed by atoms with E-state index in [1.165, 1.54) is 4.31 Å². The van der Waals surface area contributed by atoms with Gasteiger partial charge >= 0.3 is 6.09 Å². The molecule has 1 aliphatic heterocycles. The summed E-state index contributed by atoms with van der Waals surface area (Å²) in [5.41, 5.74) is 1.15. The Labute approximate surface area is 162 Å². The van der Waals surface area contributed by atoms with Crippen LogP contribution >= 0.6 is 0 Å². The van der Waals surface area contributed by atoms with Gasteiger partial charge in [0, 0.05) is 26.2 Å². The summed E-state index contributed by atoms with van der Waals surface area (Å²) in [6.45, 7) is 10.9. The topological polar surface area (TPSA) is 79.0 Å². The zero-order valence-electron chi connectivity index (χ0n) is 17.1. The maximum Gasteiger partial charge on any atom is 0.407 e. The molecule has 1 atom stereocenters. The first-order chi connectivity index (χ1) is 12.4. The van der Waals surface area contributed by atoms with Crippen molar-refractivity contribution >= 4 is 16.1 Å². The van der Waals surface area contributed by atoms with Crippen molar-refractivity contribution in [2.75, 3.05) is 33.2 Å². The fraction of sp³-hybridized carbons (Fsp3) is 0.632. The summed E-state index contributed by atoms with van der Waals surface area (Å²) in [5, 5.41) is 2.71. The molecule has 7 nitrogen and oxygen atoms in total. The number of carbonyl (C=O) groups is 1. The van der Waals surface area contributed by atoms with Crippen LogP contribution < -0.4 is 5.32 Å². The number of hydrogen-bond donors (Lipinski definition) is 1. The number of benzene rings is 1. The highest BCUT2D eigenvalue weighted by atomic mass is 32.2. The van der Waals surface area contributed by atoms with Crippen LogP contribution in [0, 0.1) is 13.8 Å². The Morgan fingerprint density at radius 2 is 1.93 bits per heavy atom. The zero-order valence-corrected chi connectivity index (χ0v) is 17.9. The predicted molar refractivity (Wildman–Crippen MR) is 105 cm³/mol. The van der Waals surface area contributed by atoms with E-state index < -0.39 is 21.7 Å². The molecule has 1 saturated heterocycles. The highest BCUT2D eigenvalue weighted by molar-refractivity contribution is 7.89. The van der Waals surface area contributed by atoms with Crippen molar-refractivity contribution in [3.8, 4) is 0 Å². The van der Waals surface area contributed by atoms with Gasteiger partial charge in [0.1, 0.15) is 5.60 Å². The van der Waals surface area contributed by atoms with Crippen molar-refractivity contribution in [2.24, 2.45) is 0 Å². The van der Waals surface area contributed by atoms with E-state index in [0.717, 1.165) is 11.1 Å². The molecule has 0 bridgehead atoms. The molecule has 0 spiro atoms. The Kier molecular flexibility index (Phi) is 6.55. The molecule has 1 N–H and O–H groups in total. The molecule has 0 unspecified atom stereocenters. The second kappa shape index (κ2) is 8.16. The predicted octanol–water partition coefficient (Wildman–Crippen LogP) is 2.13. The molecule has 152 valence electrons. The first-order valence-corrected chi connectivity index (χ1v) is 10.6. The van der Waals surface area contributed by atoms with Gasteiger partial charge < -0.3 is 15.0 Å². The minimum Gasteiger partial charge on any atom is -0.444 e. The van der Waals surface area contributed by atoms with Crippen molar-refractivity contribution in [3.63, 3.8) is 0 Å². The molecule has 1 aromatic rings. The standard InChI is InChI=1S/C19H31N3O4S/c1-14-7-8-17(15(2)11-14)27(24,25)22-10-9-21(6)13-16(22)12-20-18(23)26-19(3,4)5/h7-8,11,16H,9-10,12-13H2,1-6H3,(H,20,23)/t16-/m1/s1. The second-order valence-electron chi connectivity index (χ2n) is 8.18. The molecule has 0 radical (unpaired) electrons. The number of hydrogen-bond acceptors (Lipinski definition) is 5. The van der Waals surface area contributed by atoms with Crippen molar-refractivity contribution in [1.82, 2.24) is 14.5 Å². The third-order valence-corrected chi connectivity index (χ3v) is 6.54. The second-order valence-corrected chi connectivity index (χ2v) is 10.0. The van der Waals surface area contributed by atoms with E-state index in [1.807, 2.05) is 33.0 Å². The van der Waals surface area contributed by atoms with Gasteiger partial charge in [0.05, 0.1) is 10.9 Å². The average Bonchev–Trinajstić information content (AvgIpc) is 2.50. The number of ether oxygens (including phenoxy) is 1. The fourth-order valence-corrected chi connectivity index (χ4v) is 5.02. The van der Waals surface area contributed by atoms with Gasteiger partial charge in [-0.25, -0.2) is 13.2 Å². The van der Waals surface area contributed by atoms with Gasteiger partial charge in [-0.1, -0.05) is 17.7 Å². The molecule has 1 fully saturated rings. The fourth-order valence-electron chi connectivity index (χ4n) is 3.21. The van der Waals surface area contributed by atoms with Crippen molar-refractivity contribution in [3.05, 3.63) is 29.3 Å². The summed E-state index contributed by atoms with van der Waals surface area (Å²) in [5.74, 6) is 0. The van der Waals surface area contributed by atoms with E-state index in [4.69, 9.17) is 4.74 Å². The van der Waals surface area contributed by atoms with Gasteiger partial charge in [-0.05, 0) is 53.3 Å². The number of nitrogens with zero attached hydrogens (tertiary/aromatic N) is 2. The van der Waals surface area contributed by atoms with Crippen LogP contribution in [-0.2, 0) is 14.8 Å². The lowest BCUT2D eigenvalue weighted by molar-refractivity contribution is 0.0503. The maximum absolute atomic E-state index is 13.3. The van der Waals surface area contributed by atoms with Gasteiger partial charge in [-0.3, -0.25) is 0 Å². The van der Waals surface area contributed by atoms with Crippen LogP contribution in [0.1, 0.15) is 31.9 Å². The number of likely N-dealkylation sites (N-methyl/N-ethyl adjacent to an activating group) is 1. The quantitative estimate of drug-likeness (QED) is 0.842. The van der Waals surface area contributed by atoms with E-state index in [1.54, 1.807) is 26.8 Å². The van der Waals surface area contributed by atoms with E-state index in [-0.39, 0.29) is 12.6 Å². The van der Waals surface area contributed by atoms with Gasteiger partial charge in [0.2, 0.25) is 10.0 Å². The maximum atomic E-state index is 13.3. The van der Waals surface area contributed by atoms with Crippen molar-refractivity contribution < 1.29 is 17.9 Å². The van der Waals surface area contributed by atoms with Crippen LogP contribution in [0.15, 0.2) is 23.1 Å². The summed E-state index contributed by atoms with van der Waals surface area (Å²) in [6.07, 6.45) is -0.542. The number of rotatable bonds is 4. The lowest BCUT2D eigenvalue weighted by Crippen LogP contribution is -2.57. The number of piperazine rings is 1. The highest BCUT2D eigenvalue weighted by Crippen LogP contribution is 2.24. The lowest BCUT2D eigenvalue weighted by Gasteiger charge is -2.39. The van der Waals surface area contributed by atoms with Gasteiger partial charge in [0.15, 0.2) is 0 Å². The van der Waals surface area contributed by atoms with Crippen LogP contribution in [0.3, 0.4) is 0 Å². The number of carbonyl (C=O) groups excluding carboxylic acids is 1. The molecule has 0 aromatic heterocycles. The molecule has 1 heterocycles. The van der Waals surface area contributed by atoms with E-state index in [0.29, 0.717) is 24.5 Å². The van der Waals surface area contributed by atoms with Crippen LogP contribution in [0.4, 0.5) is 4.79 Å². The number of sulfonamides is 1. The van der Waals surface area contributed by atoms with E-state index >= 15 is 0 Å². The molecule has 0 aliphatic carbocycles. The van der Waals surface area contributed by atoms with Gasteiger partial charge in [-0.15, -0.1) is 0 Å². The monoisotopic (exact) mass is 397 g/mol. The zero-order chi connectivity index (χ0) is 20.4. The Morgan fingerprint density at radius 1 is 1.26 bits per heavy atom. The number of aryl methyl sites for hydroxylation is 2.